The lowest BCUT2D eigenvalue weighted by molar-refractivity contribution is 0.0909. The van der Waals surface area contributed by atoms with Gasteiger partial charge in [-0.25, -0.2) is 4.98 Å². The lowest BCUT2D eigenvalue weighted by Gasteiger charge is -2.30. The predicted octanol–water partition coefficient (Wildman–Crippen LogP) is 1.96. The van der Waals surface area contributed by atoms with Gasteiger partial charge in [-0.05, 0) is 43.5 Å². The molecule has 1 aromatic carbocycles. The quantitative estimate of drug-likeness (QED) is 0.916. The van der Waals surface area contributed by atoms with Gasteiger partial charge < -0.3 is 14.6 Å². The molecule has 0 aliphatic carbocycles. The molecule has 0 saturated carbocycles. The van der Waals surface area contributed by atoms with Gasteiger partial charge >= 0.3 is 0 Å². The Labute approximate surface area is 123 Å². The third-order valence-corrected chi connectivity index (χ3v) is 4.56. The molecule has 4 rings (SSSR count). The summed E-state index contributed by atoms with van der Waals surface area (Å²) in [6.45, 7) is 5.17. The van der Waals surface area contributed by atoms with Crippen molar-refractivity contribution < 1.29 is 9.21 Å². The van der Waals surface area contributed by atoms with Crippen LogP contribution in [0.2, 0.25) is 0 Å². The first-order valence-electron chi connectivity index (χ1n) is 7.58. The van der Waals surface area contributed by atoms with E-state index in [0.29, 0.717) is 17.0 Å². The molecule has 3 heterocycles. The van der Waals surface area contributed by atoms with E-state index in [1.165, 1.54) is 19.5 Å². The molecule has 0 radical (unpaired) electrons. The third-order valence-electron chi connectivity index (χ3n) is 4.56. The predicted molar refractivity (Wildman–Crippen MR) is 79.2 cm³/mol. The van der Waals surface area contributed by atoms with Gasteiger partial charge in [0.05, 0.1) is 0 Å². The topological polar surface area (TPSA) is 58.4 Å². The molecule has 2 aliphatic heterocycles. The standard InChI is InChI=1S/C16H19N3O2/c1-10-17-14-3-2-12(7-15(14)21-10)16(20)18-13-6-11-4-5-19(8-11)9-13/h2-3,7,11,13H,4-6,8-9H2,1H3,(H,18,20)/t11-,13+/m0/s1. The van der Waals surface area contributed by atoms with Crippen molar-refractivity contribution in [2.24, 2.45) is 5.92 Å². The normalized spacial score (nSPS) is 28.0. The minimum Gasteiger partial charge on any atom is -0.441 e. The molecule has 5 heteroatoms. The number of aromatic nitrogens is 1. The summed E-state index contributed by atoms with van der Waals surface area (Å²) in [5.41, 5.74) is 2.12. The van der Waals surface area contributed by atoms with Crippen molar-refractivity contribution in [1.82, 2.24) is 15.2 Å². The van der Waals surface area contributed by atoms with Crippen LogP contribution in [0.5, 0.6) is 0 Å². The van der Waals surface area contributed by atoms with Crippen LogP contribution < -0.4 is 5.32 Å². The maximum atomic E-state index is 12.4. The Bertz CT molecular complexity index is 682. The summed E-state index contributed by atoms with van der Waals surface area (Å²) >= 11 is 0. The number of aryl methyl sites for hydroxylation is 1. The summed E-state index contributed by atoms with van der Waals surface area (Å²) < 4.78 is 5.49. The van der Waals surface area contributed by atoms with E-state index in [-0.39, 0.29) is 11.9 Å². The smallest absolute Gasteiger partial charge is 0.251 e. The monoisotopic (exact) mass is 285 g/mol. The average Bonchev–Trinajstić information content (AvgIpc) is 2.99. The van der Waals surface area contributed by atoms with Gasteiger partial charge in [0.25, 0.3) is 5.91 Å². The van der Waals surface area contributed by atoms with Crippen molar-refractivity contribution in [3.05, 3.63) is 29.7 Å². The highest BCUT2D eigenvalue weighted by molar-refractivity contribution is 5.97. The number of nitrogens with one attached hydrogen (secondary N) is 1. The fourth-order valence-corrected chi connectivity index (χ4v) is 3.61. The van der Waals surface area contributed by atoms with Crippen molar-refractivity contribution in [2.45, 2.75) is 25.8 Å². The summed E-state index contributed by atoms with van der Waals surface area (Å²) in [5.74, 6) is 1.36. The average molecular weight is 285 g/mol. The Morgan fingerprint density at radius 2 is 2.33 bits per heavy atom. The van der Waals surface area contributed by atoms with E-state index in [1.54, 1.807) is 6.07 Å². The van der Waals surface area contributed by atoms with Gasteiger partial charge in [-0.1, -0.05) is 0 Å². The third kappa shape index (κ3) is 2.42. The Kier molecular flexibility index (Phi) is 2.96. The van der Waals surface area contributed by atoms with Crippen molar-refractivity contribution in [2.75, 3.05) is 19.6 Å². The maximum Gasteiger partial charge on any atom is 0.251 e. The molecule has 2 aromatic rings. The van der Waals surface area contributed by atoms with Crippen molar-refractivity contribution in [1.29, 1.82) is 0 Å². The fraction of sp³-hybridized carbons (Fsp3) is 0.500. The van der Waals surface area contributed by atoms with Gasteiger partial charge in [0, 0.05) is 31.6 Å². The zero-order valence-electron chi connectivity index (χ0n) is 12.1. The van der Waals surface area contributed by atoms with Crippen LogP contribution in [-0.4, -0.2) is 41.5 Å². The second-order valence-corrected chi connectivity index (χ2v) is 6.24. The number of hydrogen-bond donors (Lipinski definition) is 1. The van der Waals surface area contributed by atoms with Crippen LogP contribution in [0.25, 0.3) is 11.1 Å². The molecule has 1 N–H and O–H groups in total. The number of rotatable bonds is 2. The van der Waals surface area contributed by atoms with Crippen molar-refractivity contribution in [3.63, 3.8) is 0 Å². The Balaban J connectivity index is 1.50. The fourth-order valence-electron chi connectivity index (χ4n) is 3.61. The molecule has 3 atom stereocenters. The van der Waals surface area contributed by atoms with E-state index in [1.807, 2.05) is 19.1 Å². The van der Waals surface area contributed by atoms with Gasteiger partial charge in [0.15, 0.2) is 11.5 Å². The van der Waals surface area contributed by atoms with Gasteiger partial charge in [-0.2, -0.15) is 0 Å². The number of hydrogen-bond acceptors (Lipinski definition) is 4. The second kappa shape index (κ2) is 4.84. The van der Waals surface area contributed by atoms with Crippen LogP contribution in [-0.2, 0) is 0 Å². The molecule has 0 spiro atoms. The molecule has 21 heavy (non-hydrogen) atoms. The minimum absolute atomic E-state index is 0.0153. The lowest BCUT2D eigenvalue weighted by atomic mass is 9.96. The largest absolute Gasteiger partial charge is 0.441 e. The van der Waals surface area contributed by atoms with Crippen LogP contribution >= 0.6 is 0 Å². The molecule has 1 aromatic heterocycles. The highest BCUT2D eigenvalue weighted by Crippen LogP contribution is 2.27. The summed E-state index contributed by atoms with van der Waals surface area (Å²) in [4.78, 5) is 19.1. The van der Waals surface area contributed by atoms with Crippen LogP contribution in [0.15, 0.2) is 22.6 Å². The number of oxazole rings is 1. The number of amides is 1. The number of piperidine rings is 1. The molecule has 110 valence electrons. The van der Waals surface area contributed by atoms with Crippen LogP contribution in [0, 0.1) is 12.8 Å². The van der Waals surface area contributed by atoms with E-state index in [2.05, 4.69) is 15.2 Å². The highest BCUT2D eigenvalue weighted by Gasteiger charge is 2.32. The molecule has 1 unspecified atom stereocenters. The molecule has 2 aliphatic rings. The van der Waals surface area contributed by atoms with Gasteiger partial charge in [-0.3, -0.25) is 4.79 Å². The number of carbonyl (C=O) groups excluding carboxylic acids is 1. The second-order valence-electron chi connectivity index (χ2n) is 6.24. The van der Waals surface area contributed by atoms with E-state index in [4.69, 9.17) is 4.42 Å². The molecular weight excluding hydrogens is 266 g/mol. The van der Waals surface area contributed by atoms with Crippen LogP contribution in [0.1, 0.15) is 29.1 Å². The molecule has 1 amide bonds. The first-order valence-corrected chi connectivity index (χ1v) is 7.58. The first-order chi connectivity index (χ1) is 10.2. The molecule has 2 fully saturated rings. The minimum atomic E-state index is -0.0153. The highest BCUT2D eigenvalue weighted by atomic mass is 16.3. The van der Waals surface area contributed by atoms with E-state index in [9.17, 15) is 4.79 Å². The van der Waals surface area contributed by atoms with E-state index in [0.717, 1.165) is 24.4 Å². The Morgan fingerprint density at radius 1 is 1.43 bits per heavy atom. The Hall–Kier alpha value is -1.88. The van der Waals surface area contributed by atoms with Crippen molar-refractivity contribution >= 4 is 17.0 Å². The Morgan fingerprint density at radius 3 is 3.19 bits per heavy atom. The molecule has 2 saturated heterocycles. The molecule has 2 bridgehead atoms. The van der Waals surface area contributed by atoms with E-state index < -0.39 is 0 Å². The van der Waals surface area contributed by atoms with E-state index >= 15 is 0 Å². The maximum absolute atomic E-state index is 12.4. The van der Waals surface area contributed by atoms with Gasteiger partial charge in [0.1, 0.15) is 5.52 Å². The summed E-state index contributed by atoms with van der Waals surface area (Å²) in [5, 5.41) is 3.16. The first kappa shape index (κ1) is 12.8. The summed E-state index contributed by atoms with van der Waals surface area (Å²) in [6, 6.07) is 5.71. The summed E-state index contributed by atoms with van der Waals surface area (Å²) in [6.07, 6.45) is 2.38. The van der Waals surface area contributed by atoms with Crippen molar-refractivity contribution in [3.8, 4) is 0 Å². The zero-order valence-corrected chi connectivity index (χ0v) is 12.1. The number of carbonyl (C=O) groups is 1. The van der Waals surface area contributed by atoms with Crippen LogP contribution in [0.3, 0.4) is 0 Å². The van der Waals surface area contributed by atoms with Gasteiger partial charge in [-0.15, -0.1) is 0 Å². The van der Waals surface area contributed by atoms with Crippen LogP contribution in [0.4, 0.5) is 0 Å². The number of benzene rings is 1. The zero-order chi connectivity index (χ0) is 14.4. The molecule has 5 nitrogen and oxygen atoms in total. The number of nitrogens with zero attached hydrogens (tertiary/aromatic N) is 2. The SMILES string of the molecule is Cc1nc2ccc(C(=O)N[C@@H]3C[C@@H]4CCN(C4)C3)cc2o1. The number of fused-ring (bicyclic) bond motifs is 3. The summed E-state index contributed by atoms with van der Waals surface area (Å²) in [7, 11) is 0. The van der Waals surface area contributed by atoms with Gasteiger partial charge in [0.2, 0.25) is 0 Å². The lowest BCUT2D eigenvalue weighted by Crippen LogP contribution is -2.47. The molecular formula is C16H19N3O2.